The Bertz CT molecular complexity index is 1160. The van der Waals surface area contributed by atoms with Crippen LogP contribution in [0.2, 0.25) is 0 Å². The highest BCUT2D eigenvalue weighted by Gasteiger charge is 2.20. The van der Waals surface area contributed by atoms with Crippen molar-refractivity contribution in [1.29, 1.82) is 0 Å². The van der Waals surface area contributed by atoms with E-state index in [1.165, 1.54) is 18.9 Å². The van der Waals surface area contributed by atoms with Gasteiger partial charge in [-0.3, -0.25) is 9.69 Å². The summed E-state index contributed by atoms with van der Waals surface area (Å²) in [5.74, 6) is -1.70. The van der Waals surface area contributed by atoms with Gasteiger partial charge in [-0.1, -0.05) is 6.92 Å². The molecule has 29 heavy (non-hydrogen) atoms. The van der Waals surface area contributed by atoms with Crippen LogP contribution in [0, 0.1) is 5.82 Å². The third kappa shape index (κ3) is 3.35. The van der Waals surface area contributed by atoms with Crippen LogP contribution in [0.1, 0.15) is 41.4 Å². The summed E-state index contributed by atoms with van der Waals surface area (Å²) in [5, 5.41) is 9.70. The fourth-order valence-electron chi connectivity index (χ4n) is 4.20. The first-order chi connectivity index (χ1) is 13.9. The molecule has 0 saturated carbocycles. The minimum Gasteiger partial charge on any atom is -0.477 e. The third-order valence-corrected chi connectivity index (χ3v) is 5.85. The summed E-state index contributed by atoms with van der Waals surface area (Å²) < 4.78 is 17.5. The molecule has 0 unspecified atom stereocenters. The van der Waals surface area contributed by atoms with Crippen LogP contribution in [-0.2, 0) is 20.0 Å². The summed E-state index contributed by atoms with van der Waals surface area (Å²) in [6.45, 7) is 4.75. The van der Waals surface area contributed by atoms with Gasteiger partial charge in [-0.05, 0) is 62.2 Å². The highest BCUT2D eigenvalue weighted by atomic mass is 19.1. The van der Waals surface area contributed by atoms with Gasteiger partial charge in [0.25, 0.3) is 5.56 Å². The summed E-state index contributed by atoms with van der Waals surface area (Å²) in [4.78, 5) is 28.4. The van der Waals surface area contributed by atoms with Crippen molar-refractivity contribution >= 4 is 16.9 Å². The maximum atomic E-state index is 15.5. The number of aromatic carboxylic acids is 1. The Hall–Kier alpha value is -2.93. The van der Waals surface area contributed by atoms with Crippen molar-refractivity contribution < 1.29 is 14.3 Å². The number of nitrogens with zero attached hydrogens (tertiary/aromatic N) is 2. The fourth-order valence-corrected chi connectivity index (χ4v) is 4.20. The first kappa shape index (κ1) is 19.4. The third-order valence-electron chi connectivity index (χ3n) is 5.85. The Morgan fingerprint density at radius 1 is 1.24 bits per heavy atom. The van der Waals surface area contributed by atoms with E-state index in [0.717, 1.165) is 30.8 Å². The molecule has 6 nitrogen and oxygen atoms in total. The minimum absolute atomic E-state index is 0.279. The number of likely N-dealkylation sites (tertiary alicyclic amines) is 1. The van der Waals surface area contributed by atoms with Crippen LogP contribution >= 0.6 is 0 Å². The molecule has 1 aliphatic heterocycles. The smallest absolute Gasteiger partial charge is 0.341 e. The van der Waals surface area contributed by atoms with Gasteiger partial charge in [0.05, 0.1) is 11.2 Å². The standard InChI is InChI=1S/C22H24FN3O3/c1-3-13-10-17(22(28)29)21(27)24-20(13)15-6-7-18-16(19(15)23)11-14(25(18)2)12-26-8-4-5-9-26/h6-7,10-11H,3-5,8-9,12H2,1-2H3,(H,24,27)(H,28,29). The lowest BCUT2D eigenvalue weighted by atomic mass is 10.0. The van der Waals surface area contributed by atoms with Crippen molar-refractivity contribution in [3.05, 3.63) is 57.3 Å². The Morgan fingerprint density at radius 3 is 2.62 bits per heavy atom. The lowest BCUT2D eigenvalue weighted by molar-refractivity contribution is 0.0695. The van der Waals surface area contributed by atoms with Gasteiger partial charge in [0.2, 0.25) is 0 Å². The minimum atomic E-state index is -1.29. The molecular formula is C22H24FN3O3. The number of hydrogen-bond acceptors (Lipinski definition) is 3. The zero-order valence-corrected chi connectivity index (χ0v) is 16.6. The molecule has 0 bridgehead atoms. The largest absolute Gasteiger partial charge is 0.477 e. The lowest BCUT2D eigenvalue weighted by Crippen LogP contribution is -2.19. The van der Waals surface area contributed by atoms with Crippen LogP contribution in [0.15, 0.2) is 29.1 Å². The zero-order chi connectivity index (χ0) is 20.7. The molecule has 1 aliphatic rings. The van der Waals surface area contributed by atoms with Crippen molar-refractivity contribution in [3.8, 4) is 11.3 Å². The number of rotatable bonds is 5. The Kier molecular flexibility index (Phi) is 5.00. The number of hydrogen-bond donors (Lipinski definition) is 2. The maximum Gasteiger partial charge on any atom is 0.341 e. The zero-order valence-electron chi connectivity index (χ0n) is 16.6. The molecule has 0 radical (unpaired) electrons. The predicted octanol–water partition coefficient (Wildman–Crippen LogP) is 3.53. The molecule has 0 aliphatic carbocycles. The molecule has 7 heteroatoms. The molecule has 1 aromatic carbocycles. The summed E-state index contributed by atoms with van der Waals surface area (Å²) >= 11 is 0. The number of carboxylic acids is 1. The second kappa shape index (κ2) is 7.48. The number of aryl methyl sites for hydroxylation is 2. The molecule has 3 heterocycles. The molecule has 0 amide bonds. The van der Waals surface area contributed by atoms with E-state index < -0.39 is 17.3 Å². The fraction of sp³-hybridized carbons (Fsp3) is 0.364. The van der Waals surface area contributed by atoms with Gasteiger partial charge in [-0.2, -0.15) is 0 Å². The van der Waals surface area contributed by atoms with E-state index in [2.05, 4.69) is 9.88 Å². The SMILES string of the molecule is CCc1cc(C(=O)O)c(=O)[nH]c1-c1ccc2c(cc(CN3CCCC3)n2C)c1F. The summed E-state index contributed by atoms with van der Waals surface area (Å²) in [6, 6.07) is 6.72. The molecule has 3 aromatic rings. The van der Waals surface area contributed by atoms with E-state index in [0.29, 0.717) is 23.1 Å². The molecule has 0 atom stereocenters. The summed E-state index contributed by atoms with van der Waals surface area (Å²) in [5.41, 5.74) is 1.99. The van der Waals surface area contributed by atoms with Crippen LogP contribution in [0.5, 0.6) is 0 Å². The Labute approximate surface area is 167 Å². The van der Waals surface area contributed by atoms with Crippen molar-refractivity contribution in [2.75, 3.05) is 13.1 Å². The number of fused-ring (bicyclic) bond motifs is 1. The van der Waals surface area contributed by atoms with Crippen LogP contribution < -0.4 is 5.56 Å². The van der Waals surface area contributed by atoms with E-state index in [-0.39, 0.29) is 11.1 Å². The van der Waals surface area contributed by atoms with E-state index in [1.807, 2.05) is 30.7 Å². The number of aromatic nitrogens is 2. The van der Waals surface area contributed by atoms with Crippen LogP contribution in [-0.4, -0.2) is 38.6 Å². The molecule has 2 N–H and O–H groups in total. The molecule has 0 spiro atoms. The number of nitrogens with one attached hydrogen (secondary N) is 1. The average Bonchev–Trinajstić information content (AvgIpc) is 3.31. The van der Waals surface area contributed by atoms with E-state index in [1.54, 1.807) is 6.07 Å². The molecule has 2 aromatic heterocycles. The number of halogens is 1. The quantitative estimate of drug-likeness (QED) is 0.690. The topological polar surface area (TPSA) is 78.3 Å². The van der Waals surface area contributed by atoms with Crippen LogP contribution in [0.25, 0.3) is 22.2 Å². The van der Waals surface area contributed by atoms with Gasteiger partial charge in [0.1, 0.15) is 11.4 Å². The predicted molar refractivity (Wildman–Crippen MR) is 110 cm³/mol. The molecule has 4 rings (SSSR count). The number of aromatic amines is 1. The van der Waals surface area contributed by atoms with Crippen molar-refractivity contribution in [2.45, 2.75) is 32.7 Å². The van der Waals surface area contributed by atoms with Crippen LogP contribution in [0.3, 0.4) is 0 Å². The maximum absolute atomic E-state index is 15.5. The van der Waals surface area contributed by atoms with Crippen molar-refractivity contribution in [1.82, 2.24) is 14.5 Å². The molecule has 1 saturated heterocycles. The molecule has 152 valence electrons. The monoisotopic (exact) mass is 397 g/mol. The van der Waals surface area contributed by atoms with Crippen molar-refractivity contribution in [3.63, 3.8) is 0 Å². The number of carbonyl (C=O) groups is 1. The van der Waals surface area contributed by atoms with E-state index in [4.69, 9.17) is 0 Å². The van der Waals surface area contributed by atoms with E-state index in [9.17, 15) is 14.7 Å². The number of carboxylic acid groups (broad SMARTS) is 1. The normalized spacial score (nSPS) is 14.7. The van der Waals surface area contributed by atoms with Crippen LogP contribution in [0.4, 0.5) is 4.39 Å². The van der Waals surface area contributed by atoms with Gasteiger partial charge in [-0.25, -0.2) is 9.18 Å². The van der Waals surface area contributed by atoms with Gasteiger partial charge in [0, 0.05) is 30.2 Å². The Morgan fingerprint density at radius 2 is 1.97 bits per heavy atom. The van der Waals surface area contributed by atoms with E-state index >= 15 is 4.39 Å². The number of benzene rings is 1. The number of pyridine rings is 1. The average molecular weight is 397 g/mol. The summed E-state index contributed by atoms with van der Waals surface area (Å²) in [7, 11) is 1.94. The van der Waals surface area contributed by atoms with Gasteiger partial charge in [0.15, 0.2) is 0 Å². The first-order valence-corrected chi connectivity index (χ1v) is 9.89. The van der Waals surface area contributed by atoms with Gasteiger partial charge in [-0.15, -0.1) is 0 Å². The molecule has 1 fully saturated rings. The van der Waals surface area contributed by atoms with Gasteiger partial charge < -0.3 is 14.7 Å². The highest BCUT2D eigenvalue weighted by molar-refractivity contribution is 5.90. The first-order valence-electron chi connectivity index (χ1n) is 9.89. The molecular weight excluding hydrogens is 373 g/mol. The lowest BCUT2D eigenvalue weighted by Gasteiger charge is -2.15. The number of H-pyrrole nitrogens is 1. The second-order valence-corrected chi connectivity index (χ2v) is 7.61. The summed E-state index contributed by atoms with van der Waals surface area (Å²) in [6.07, 6.45) is 2.86. The van der Waals surface area contributed by atoms with Crippen molar-refractivity contribution in [2.24, 2.45) is 7.05 Å². The second-order valence-electron chi connectivity index (χ2n) is 7.61. The highest BCUT2D eigenvalue weighted by Crippen LogP contribution is 2.32. The Balaban J connectivity index is 1.83. The van der Waals surface area contributed by atoms with Gasteiger partial charge >= 0.3 is 5.97 Å².